The Balaban J connectivity index is 1.80. The van der Waals surface area contributed by atoms with Crippen LogP contribution in [0.4, 0.5) is 0 Å². The highest BCUT2D eigenvalue weighted by Crippen LogP contribution is 2.23. The van der Waals surface area contributed by atoms with E-state index in [1.165, 1.54) is 5.56 Å². The summed E-state index contributed by atoms with van der Waals surface area (Å²) in [5, 5.41) is 0. The summed E-state index contributed by atoms with van der Waals surface area (Å²) >= 11 is 0. The van der Waals surface area contributed by atoms with Crippen LogP contribution in [0.5, 0.6) is 5.75 Å². The minimum Gasteiger partial charge on any atom is -0.497 e. The lowest BCUT2D eigenvalue weighted by atomic mass is 9.99. The predicted molar refractivity (Wildman–Crippen MR) is 85.5 cm³/mol. The second-order valence-corrected chi connectivity index (χ2v) is 6.48. The monoisotopic (exact) mass is 289 g/mol. The maximum atomic E-state index is 12.1. The zero-order valence-corrected chi connectivity index (χ0v) is 13.5. The van der Waals surface area contributed by atoms with Gasteiger partial charge >= 0.3 is 0 Å². The molecule has 1 amide bonds. The number of hydrogen-bond donors (Lipinski definition) is 0. The summed E-state index contributed by atoms with van der Waals surface area (Å²) in [5.74, 6) is 2.43. The van der Waals surface area contributed by atoms with Crippen molar-refractivity contribution in [2.24, 2.45) is 11.8 Å². The van der Waals surface area contributed by atoms with Gasteiger partial charge < -0.3 is 9.64 Å². The van der Waals surface area contributed by atoms with Crippen LogP contribution in [0.1, 0.15) is 38.7 Å². The standard InChI is InChI=1S/C18H27NO2/c1-14(2)4-9-18(20)19-11-10-16(13-19)12-15-5-7-17(21-3)8-6-15/h5-8,14,16H,4,9-13H2,1-3H3. The minimum absolute atomic E-state index is 0.334. The van der Waals surface area contributed by atoms with Crippen LogP contribution in [0.15, 0.2) is 24.3 Å². The molecule has 1 heterocycles. The first-order valence-corrected chi connectivity index (χ1v) is 7.99. The summed E-state index contributed by atoms with van der Waals surface area (Å²) in [6.07, 6.45) is 3.88. The molecule has 1 aliphatic heterocycles. The summed E-state index contributed by atoms with van der Waals surface area (Å²) in [6, 6.07) is 8.27. The molecule has 3 nitrogen and oxygen atoms in total. The summed E-state index contributed by atoms with van der Waals surface area (Å²) < 4.78 is 5.18. The van der Waals surface area contributed by atoms with Gasteiger partial charge in [0.05, 0.1) is 7.11 Å². The number of likely N-dealkylation sites (tertiary alicyclic amines) is 1. The van der Waals surface area contributed by atoms with E-state index >= 15 is 0 Å². The molecule has 1 unspecified atom stereocenters. The summed E-state index contributed by atoms with van der Waals surface area (Å²) in [4.78, 5) is 14.2. The maximum absolute atomic E-state index is 12.1. The van der Waals surface area contributed by atoms with Gasteiger partial charge in [0.2, 0.25) is 5.91 Å². The lowest BCUT2D eigenvalue weighted by Crippen LogP contribution is -2.28. The quantitative estimate of drug-likeness (QED) is 0.802. The van der Waals surface area contributed by atoms with Crippen molar-refractivity contribution in [3.63, 3.8) is 0 Å². The molecule has 2 rings (SSSR count). The van der Waals surface area contributed by atoms with Gasteiger partial charge in [-0.05, 0) is 48.8 Å². The Hall–Kier alpha value is -1.51. The fraction of sp³-hybridized carbons (Fsp3) is 0.611. The molecule has 0 spiro atoms. The molecule has 3 heteroatoms. The largest absolute Gasteiger partial charge is 0.497 e. The van der Waals surface area contributed by atoms with Crippen molar-refractivity contribution in [3.8, 4) is 5.75 Å². The van der Waals surface area contributed by atoms with Gasteiger partial charge in [-0.15, -0.1) is 0 Å². The van der Waals surface area contributed by atoms with Gasteiger partial charge in [-0.2, -0.15) is 0 Å². The number of benzene rings is 1. The number of carbonyl (C=O) groups excluding carboxylic acids is 1. The second kappa shape index (κ2) is 7.48. The van der Waals surface area contributed by atoms with E-state index in [4.69, 9.17) is 4.74 Å². The van der Waals surface area contributed by atoms with E-state index in [1.54, 1.807) is 7.11 Å². The lowest BCUT2D eigenvalue weighted by molar-refractivity contribution is -0.130. The maximum Gasteiger partial charge on any atom is 0.222 e. The molecule has 1 aromatic rings. The lowest BCUT2D eigenvalue weighted by Gasteiger charge is -2.17. The van der Waals surface area contributed by atoms with Gasteiger partial charge in [0.1, 0.15) is 5.75 Å². The van der Waals surface area contributed by atoms with E-state index in [9.17, 15) is 4.79 Å². The van der Waals surface area contributed by atoms with Crippen molar-refractivity contribution in [1.82, 2.24) is 4.90 Å². The molecule has 116 valence electrons. The number of nitrogens with zero attached hydrogens (tertiary/aromatic N) is 1. The number of amides is 1. The van der Waals surface area contributed by atoms with Crippen molar-refractivity contribution >= 4 is 5.91 Å². The minimum atomic E-state index is 0.334. The highest BCUT2D eigenvalue weighted by molar-refractivity contribution is 5.76. The van der Waals surface area contributed by atoms with E-state index in [1.807, 2.05) is 12.1 Å². The summed E-state index contributed by atoms with van der Waals surface area (Å²) in [5.41, 5.74) is 1.33. The molecule has 1 saturated heterocycles. The van der Waals surface area contributed by atoms with Crippen LogP contribution >= 0.6 is 0 Å². The first kappa shape index (κ1) is 15.9. The number of hydrogen-bond acceptors (Lipinski definition) is 2. The first-order valence-electron chi connectivity index (χ1n) is 7.99. The van der Waals surface area contributed by atoms with E-state index in [2.05, 4.69) is 30.9 Å². The average molecular weight is 289 g/mol. The molecule has 1 aromatic carbocycles. The third-order valence-electron chi connectivity index (χ3n) is 4.26. The van der Waals surface area contributed by atoms with Crippen LogP contribution in [0.3, 0.4) is 0 Å². The third kappa shape index (κ3) is 4.76. The smallest absolute Gasteiger partial charge is 0.222 e. The van der Waals surface area contributed by atoms with Gasteiger partial charge in [0.25, 0.3) is 0 Å². The van der Waals surface area contributed by atoms with Crippen molar-refractivity contribution in [2.45, 2.75) is 39.5 Å². The van der Waals surface area contributed by atoms with Crippen molar-refractivity contribution in [1.29, 1.82) is 0 Å². The molecule has 1 fully saturated rings. The van der Waals surface area contributed by atoms with Gasteiger partial charge in [-0.25, -0.2) is 0 Å². The van der Waals surface area contributed by atoms with Gasteiger partial charge in [-0.1, -0.05) is 26.0 Å². The molecule has 0 bridgehead atoms. The molecule has 21 heavy (non-hydrogen) atoms. The zero-order valence-electron chi connectivity index (χ0n) is 13.5. The van der Waals surface area contributed by atoms with Crippen molar-refractivity contribution < 1.29 is 9.53 Å². The highest BCUT2D eigenvalue weighted by atomic mass is 16.5. The van der Waals surface area contributed by atoms with Crippen molar-refractivity contribution in [2.75, 3.05) is 20.2 Å². The number of ether oxygens (including phenoxy) is 1. The molecular formula is C18H27NO2. The Morgan fingerprint density at radius 1 is 1.33 bits per heavy atom. The third-order valence-corrected chi connectivity index (χ3v) is 4.26. The molecule has 0 aliphatic carbocycles. The normalized spacial score (nSPS) is 18.3. The van der Waals surface area contributed by atoms with Crippen LogP contribution in [0.2, 0.25) is 0 Å². The second-order valence-electron chi connectivity index (χ2n) is 6.48. The highest BCUT2D eigenvalue weighted by Gasteiger charge is 2.25. The Bertz CT molecular complexity index is 453. The average Bonchev–Trinajstić information content (AvgIpc) is 2.94. The SMILES string of the molecule is COc1ccc(CC2CCN(C(=O)CCC(C)C)C2)cc1. The molecule has 0 N–H and O–H groups in total. The molecule has 0 aromatic heterocycles. The topological polar surface area (TPSA) is 29.5 Å². The van der Waals surface area contributed by atoms with Gasteiger partial charge in [-0.3, -0.25) is 4.79 Å². The van der Waals surface area contributed by atoms with Crippen LogP contribution in [0, 0.1) is 11.8 Å². The molecular weight excluding hydrogens is 262 g/mol. The fourth-order valence-corrected chi connectivity index (χ4v) is 2.89. The predicted octanol–water partition coefficient (Wildman–Crippen LogP) is 3.52. The molecule has 0 saturated carbocycles. The van der Waals surface area contributed by atoms with E-state index in [0.717, 1.165) is 38.1 Å². The summed E-state index contributed by atoms with van der Waals surface area (Å²) in [7, 11) is 1.69. The summed E-state index contributed by atoms with van der Waals surface area (Å²) in [6.45, 7) is 6.19. The Morgan fingerprint density at radius 2 is 2.05 bits per heavy atom. The molecule has 1 aliphatic rings. The van der Waals surface area contributed by atoms with Crippen LogP contribution < -0.4 is 4.74 Å². The van der Waals surface area contributed by atoms with Crippen molar-refractivity contribution in [3.05, 3.63) is 29.8 Å². The van der Waals surface area contributed by atoms with Crippen LogP contribution in [0.25, 0.3) is 0 Å². The number of methoxy groups -OCH3 is 1. The number of rotatable bonds is 6. The van der Waals surface area contributed by atoms with E-state index < -0.39 is 0 Å². The zero-order chi connectivity index (χ0) is 15.2. The van der Waals surface area contributed by atoms with Gasteiger partial charge in [0.15, 0.2) is 0 Å². The van der Waals surface area contributed by atoms with E-state index in [0.29, 0.717) is 24.2 Å². The Kier molecular flexibility index (Phi) is 5.66. The van der Waals surface area contributed by atoms with Crippen LogP contribution in [-0.4, -0.2) is 31.0 Å². The Morgan fingerprint density at radius 3 is 2.67 bits per heavy atom. The molecule has 0 radical (unpaired) electrons. The number of carbonyl (C=O) groups is 1. The first-order chi connectivity index (χ1) is 10.1. The Labute approximate surface area is 128 Å². The van der Waals surface area contributed by atoms with Crippen LogP contribution in [-0.2, 0) is 11.2 Å². The fourth-order valence-electron chi connectivity index (χ4n) is 2.89. The molecule has 1 atom stereocenters. The van der Waals surface area contributed by atoms with Gasteiger partial charge in [0, 0.05) is 19.5 Å². The van der Waals surface area contributed by atoms with E-state index in [-0.39, 0.29) is 0 Å².